The standard InChI is InChI=1S/C11H11FN2O3/c1-16-6-8-5-14-4-7(11(15)17-2)3-9(12)10(14)13-8/h3-5H,6H2,1-2H3. The Morgan fingerprint density at radius 3 is 2.88 bits per heavy atom. The van der Waals surface area contributed by atoms with Gasteiger partial charge in [0.05, 0.1) is 25.0 Å². The molecule has 0 fully saturated rings. The smallest absolute Gasteiger partial charge is 0.339 e. The van der Waals surface area contributed by atoms with Crippen molar-refractivity contribution >= 4 is 11.6 Å². The lowest BCUT2D eigenvalue weighted by molar-refractivity contribution is 0.0599. The van der Waals surface area contributed by atoms with Crippen molar-refractivity contribution in [2.24, 2.45) is 0 Å². The molecular weight excluding hydrogens is 227 g/mol. The zero-order chi connectivity index (χ0) is 12.4. The molecule has 0 N–H and O–H groups in total. The van der Waals surface area contributed by atoms with Gasteiger partial charge < -0.3 is 13.9 Å². The first-order valence-electron chi connectivity index (χ1n) is 4.90. The summed E-state index contributed by atoms with van der Waals surface area (Å²) >= 11 is 0. The number of carbonyl (C=O) groups is 1. The number of methoxy groups -OCH3 is 2. The Balaban J connectivity index is 2.53. The van der Waals surface area contributed by atoms with Gasteiger partial charge in [-0.05, 0) is 6.07 Å². The molecule has 2 aromatic heterocycles. The van der Waals surface area contributed by atoms with Crippen LogP contribution in [0.25, 0.3) is 5.65 Å². The lowest BCUT2D eigenvalue weighted by Gasteiger charge is -2.00. The van der Waals surface area contributed by atoms with E-state index in [2.05, 4.69) is 9.72 Å². The van der Waals surface area contributed by atoms with E-state index in [9.17, 15) is 9.18 Å². The molecule has 0 bridgehead atoms. The van der Waals surface area contributed by atoms with Crippen LogP contribution in [-0.2, 0) is 16.1 Å². The van der Waals surface area contributed by atoms with Gasteiger partial charge in [-0.25, -0.2) is 14.2 Å². The number of nitrogens with zero attached hydrogens (tertiary/aromatic N) is 2. The van der Waals surface area contributed by atoms with Crippen molar-refractivity contribution in [2.75, 3.05) is 14.2 Å². The third kappa shape index (κ3) is 2.12. The predicted molar refractivity (Wildman–Crippen MR) is 57.2 cm³/mol. The summed E-state index contributed by atoms with van der Waals surface area (Å²) in [4.78, 5) is 15.3. The molecule has 5 nitrogen and oxygen atoms in total. The molecule has 0 aliphatic rings. The maximum Gasteiger partial charge on any atom is 0.339 e. The molecule has 0 saturated carbocycles. The first-order chi connectivity index (χ1) is 8.15. The van der Waals surface area contributed by atoms with Crippen molar-refractivity contribution in [3.8, 4) is 0 Å². The Hall–Kier alpha value is -1.95. The minimum atomic E-state index is -0.590. The van der Waals surface area contributed by atoms with E-state index >= 15 is 0 Å². The molecule has 0 aliphatic carbocycles. The minimum Gasteiger partial charge on any atom is -0.465 e. The number of aromatic nitrogens is 2. The minimum absolute atomic E-state index is 0.138. The third-order valence-corrected chi connectivity index (χ3v) is 2.27. The van der Waals surface area contributed by atoms with E-state index in [1.165, 1.54) is 24.8 Å². The number of ether oxygens (including phenoxy) is 2. The Kier molecular flexibility index (Phi) is 3.06. The van der Waals surface area contributed by atoms with Gasteiger partial charge in [-0.15, -0.1) is 0 Å². The van der Waals surface area contributed by atoms with Crippen LogP contribution in [0.4, 0.5) is 4.39 Å². The summed E-state index contributed by atoms with van der Waals surface area (Å²) in [7, 11) is 2.77. The second-order valence-electron chi connectivity index (χ2n) is 3.46. The van der Waals surface area contributed by atoms with Crippen LogP contribution in [0.1, 0.15) is 16.1 Å². The molecule has 17 heavy (non-hydrogen) atoms. The molecule has 0 amide bonds. The molecule has 6 heteroatoms. The highest BCUT2D eigenvalue weighted by Gasteiger charge is 2.12. The van der Waals surface area contributed by atoms with E-state index in [4.69, 9.17) is 4.74 Å². The van der Waals surface area contributed by atoms with Gasteiger partial charge in [0.2, 0.25) is 0 Å². The average molecular weight is 238 g/mol. The topological polar surface area (TPSA) is 52.8 Å². The van der Waals surface area contributed by atoms with Crippen LogP contribution in [-0.4, -0.2) is 29.6 Å². The maximum atomic E-state index is 13.7. The van der Waals surface area contributed by atoms with Gasteiger partial charge in [0.1, 0.15) is 0 Å². The fourth-order valence-electron chi connectivity index (χ4n) is 1.55. The van der Waals surface area contributed by atoms with E-state index in [1.807, 2.05) is 0 Å². The number of hydrogen-bond donors (Lipinski definition) is 0. The van der Waals surface area contributed by atoms with Crippen LogP contribution in [0.15, 0.2) is 18.5 Å². The molecule has 0 aromatic carbocycles. The quantitative estimate of drug-likeness (QED) is 0.758. The Labute approximate surface area is 96.8 Å². The maximum absolute atomic E-state index is 13.7. The summed E-state index contributed by atoms with van der Waals surface area (Å²) < 4.78 is 24.5. The summed E-state index contributed by atoms with van der Waals surface area (Å²) in [5.74, 6) is -1.16. The van der Waals surface area contributed by atoms with Crippen LogP contribution in [0.3, 0.4) is 0 Å². The van der Waals surface area contributed by atoms with Crippen molar-refractivity contribution in [3.05, 3.63) is 35.5 Å². The number of halogens is 1. The third-order valence-electron chi connectivity index (χ3n) is 2.27. The lowest BCUT2D eigenvalue weighted by Crippen LogP contribution is -2.04. The van der Waals surface area contributed by atoms with E-state index in [1.54, 1.807) is 6.20 Å². The molecular formula is C11H11FN2O3. The summed E-state index contributed by atoms with van der Waals surface area (Å²) in [6.07, 6.45) is 3.07. The van der Waals surface area contributed by atoms with Gasteiger partial charge in [-0.1, -0.05) is 0 Å². The van der Waals surface area contributed by atoms with E-state index in [-0.39, 0.29) is 17.8 Å². The summed E-state index contributed by atoms with van der Waals surface area (Å²) in [5.41, 5.74) is 0.886. The lowest BCUT2D eigenvalue weighted by atomic mass is 10.3. The van der Waals surface area contributed by atoms with Gasteiger partial charge >= 0.3 is 5.97 Å². The van der Waals surface area contributed by atoms with Gasteiger partial charge in [0.25, 0.3) is 0 Å². The molecule has 90 valence electrons. The van der Waals surface area contributed by atoms with E-state index in [0.29, 0.717) is 5.69 Å². The molecule has 0 aliphatic heterocycles. The van der Waals surface area contributed by atoms with Crippen LogP contribution in [0.5, 0.6) is 0 Å². The molecule has 0 spiro atoms. The number of carbonyl (C=O) groups excluding carboxylic acids is 1. The van der Waals surface area contributed by atoms with E-state index in [0.717, 1.165) is 6.07 Å². The van der Waals surface area contributed by atoms with Crippen LogP contribution in [0, 0.1) is 5.82 Å². The van der Waals surface area contributed by atoms with Gasteiger partial charge in [0, 0.05) is 19.5 Å². The SMILES string of the molecule is COCc1cn2cc(C(=O)OC)cc(F)c2n1. The number of pyridine rings is 1. The van der Waals surface area contributed by atoms with Crippen molar-refractivity contribution in [1.82, 2.24) is 9.38 Å². The van der Waals surface area contributed by atoms with Crippen LogP contribution < -0.4 is 0 Å². The highest BCUT2D eigenvalue weighted by molar-refractivity contribution is 5.89. The zero-order valence-corrected chi connectivity index (χ0v) is 9.44. The van der Waals surface area contributed by atoms with Crippen molar-refractivity contribution in [2.45, 2.75) is 6.61 Å². The molecule has 0 unspecified atom stereocenters. The van der Waals surface area contributed by atoms with E-state index < -0.39 is 11.8 Å². The average Bonchev–Trinajstić information content (AvgIpc) is 2.71. The van der Waals surface area contributed by atoms with Crippen LogP contribution >= 0.6 is 0 Å². The molecule has 0 saturated heterocycles. The largest absolute Gasteiger partial charge is 0.465 e. The summed E-state index contributed by atoms with van der Waals surface area (Å²) in [6, 6.07) is 1.10. The Bertz CT molecular complexity index is 565. The molecule has 0 radical (unpaired) electrons. The van der Waals surface area contributed by atoms with Gasteiger partial charge in [0.15, 0.2) is 11.5 Å². The van der Waals surface area contributed by atoms with Crippen molar-refractivity contribution in [3.63, 3.8) is 0 Å². The molecule has 2 heterocycles. The normalized spacial score (nSPS) is 10.8. The predicted octanol–water partition coefficient (Wildman–Crippen LogP) is 1.41. The van der Waals surface area contributed by atoms with Gasteiger partial charge in [-0.3, -0.25) is 0 Å². The van der Waals surface area contributed by atoms with Gasteiger partial charge in [-0.2, -0.15) is 0 Å². The highest BCUT2D eigenvalue weighted by atomic mass is 19.1. The monoisotopic (exact) mass is 238 g/mol. The second kappa shape index (κ2) is 4.50. The molecule has 2 aromatic rings. The Morgan fingerprint density at radius 2 is 2.24 bits per heavy atom. The fourth-order valence-corrected chi connectivity index (χ4v) is 1.55. The number of fused-ring (bicyclic) bond motifs is 1. The number of imidazole rings is 1. The fraction of sp³-hybridized carbons (Fsp3) is 0.273. The van der Waals surface area contributed by atoms with Crippen molar-refractivity contribution < 1.29 is 18.7 Å². The first-order valence-corrected chi connectivity index (χ1v) is 4.90. The zero-order valence-electron chi connectivity index (χ0n) is 9.44. The highest BCUT2D eigenvalue weighted by Crippen LogP contribution is 2.13. The molecule has 0 atom stereocenters. The number of esters is 1. The van der Waals surface area contributed by atoms with Crippen molar-refractivity contribution in [1.29, 1.82) is 0 Å². The summed E-state index contributed by atoms with van der Waals surface area (Å²) in [5, 5.41) is 0. The summed E-state index contributed by atoms with van der Waals surface area (Å²) in [6.45, 7) is 0.286. The number of rotatable bonds is 3. The second-order valence-corrected chi connectivity index (χ2v) is 3.46. The Morgan fingerprint density at radius 1 is 1.47 bits per heavy atom. The first kappa shape index (κ1) is 11.5. The molecule has 2 rings (SSSR count). The number of hydrogen-bond acceptors (Lipinski definition) is 4. The van der Waals surface area contributed by atoms with Crippen LogP contribution in [0.2, 0.25) is 0 Å².